The molecule has 1 aliphatic rings. The Morgan fingerprint density at radius 3 is 2.52 bits per heavy atom. The van der Waals surface area contributed by atoms with Gasteiger partial charge in [0.1, 0.15) is 5.65 Å². The smallest absolute Gasteiger partial charge is 0.418 e. The Bertz CT molecular complexity index is 1210. The minimum atomic E-state index is -4.55. The van der Waals surface area contributed by atoms with Gasteiger partial charge in [0, 0.05) is 24.8 Å². The zero-order valence-electron chi connectivity index (χ0n) is 18.6. The number of rotatable bonds is 4. The fourth-order valence-electron chi connectivity index (χ4n) is 4.33. The van der Waals surface area contributed by atoms with Gasteiger partial charge in [-0.25, -0.2) is 4.98 Å². The lowest BCUT2D eigenvalue weighted by Gasteiger charge is -2.32. The topological polar surface area (TPSA) is 102 Å². The maximum absolute atomic E-state index is 13.7. The first-order valence-corrected chi connectivity index (χ1v) is 10.7. The Morgan fingerprint density at radius 1 is 1.24 bits per heavy atom. The van der Waals surface area contributed by atoms with E-state index in [0.717, 1.165) is 25.2 Å². The van der Waals surface area contributed by atoms with Gasteiger partial charge in [0.2, 0.25) is 0 Å². The lowest BCUT2D eigenvalue weighted by molar-refractivity contribution is -0.136. The quantitative estimate of drug-likeness (QED) is 0.612. The van der Waals surface area contributed by atoms with Crippen LogP contribution in [0.15, 0.2) is 35.5 Å². The van der Waals surface area contributed by atoms with Gasteiger partial charge in [-0.15, -0.1) is 0 Å². The first-order chi connectivity index (χ1) is 15.7. The first kappa shape index (κ1) is 24.3. The van der Waals surface area contributed by atoms with Crippen LogP contribution in [0.5, 0.6) is 5.75 Å². The van der Waals surface area contributed by atoms with Crippen molar-refractivity contribution in [2.45, 2.75) is 57.8 Å². The van der Waals surface area contributed by atoms with Crippen molar-refractivity contribution in [1.82, 2.24) is 24.6 Å². The van der Waals surface area contributed by atoms with Crippen LogP contribution in [0.4, 0.5) is 13.2 Å². The molecule has 1 fully saturated rings. The van der Waals surface area contributed by atoms with Crippen molar-refractivity contribution < 1.29 is 23.1 Å². The van der Waals surface area contributed by atoms with Crippen LogP contribution in [0.3, 0.4) is 0 Å². The summed E-state index contributed by atoms with van der Waals surface area (Å²) >= 11 is 0. The van der Waals surface area contributed by atoms with Crippen LogP contribution < -0.4 is 10.7 Å². The molecule has 3 aromatic heterocycles. The van der Waals surface area contributed by atoms with Crippen LogP contribution in [0.1, 0.15) is 55.6 Å². The third-order valence-electron chi connectivity index (χ3n) is 5.76. The average molecular weight is 465 g/mol. The predicted octanol–water partition coefficient (Wildman–Crippen LogP) is 3.67. The standard InChI is InChI=1S/C20H20F3N5O3.C2H6/c1-24-18(31)15-16(30)14(29)10-27(26-15)11-19(6-2-3-7-19)28-9-13(20(21,22)23)12-5-4-8-25-17(12)28;1-2/h4-5,8-10,29H,2-3,6-7,11H2,1H3,(H,24,31);1-2H3. The van der Waals surface area contributed by atoms with Gasteiger partial charge in [-0.05, 0) is 25.0 Å². The normalized spacial score (nSPS) is 15.2. The van der Waals surface area contributed by atoms with Crippen LogP contribution in [0.2, 0.25) is 0 Å². The van der Waals surface area contributed by atoms with Crippen LogP contribution in [-0.2, 0) is 18.3 Å². The van der Waals surface area contributed by atoms with Gasteiger partial charge in [0.25, 0.3) is 11.3 Å². The fourth-order valence-corrected chi connectivity index (χ4v) is 4.33. The fraction of sp³-hybridized carbons (Fsp3) is 0.455. The number of fused-ring (bicyclic) bond motifs is 1. The van der Waals surface area contributed by atoms with Gasteiger partial charge in [0.15, 0.2) is 11.4 Å². The van der Waals surface area contributed by atoms with Gasteiger partial charge in [-0.2, -0.15) is 18.3 Å². The Kier molecular flexibility index (Phi) is 6.80. The second kappa shape index (κ2) is 9.24. The maximum Gasteiger partial charge on any atom is 0.418 e. The summed E-state index contributed by atoms with van der Waals surface area (Å²) in [5.74, 6) is -1.42. The molecule has 3 aromatic rings. The summed E-state index contributed by atoms with van der Waals surface area (Å²) in [5.41, 5.74) is -2.78. The number of alkyl halides is 3. The number of nitrogens with zero attached hydrogens (tertiary/aromatic N) is 4. The molecule has 1 aliphatic carbocycles. The maximum atomic E-state index is 13.7. The molecule has 2 N–H and O–H groups in total. The van der Waals surface area contributed by atoms with Crippen LogP contribution in [-0.4, -0.2) is 37.4 Å². The summed E-state index contributed by atoms with van der Waals surface area (Å²) in [4.78, 5) is 28.3. The number of hydrogen-bond donors (Lipinski definition) is 2. The molecule has 178 valence electrons. The molecule has 0 spiro atoms. The first-order valence-electron chi connectivity index (χ1n) is 10.7. The van der Waals surface area contributed by atoms with Crippen LogP contribution in [0, 0.1) is 0 Å². The molecule has 11 heteroatoms. The summed E-state index contributed by atoms with van der Waals surface area (Å²) in [6.45, 7) is 4.06. The van der Waals surface area contributed by atoms with Gasteiger partial charge in [-0.3, -0.25) is 14.3 Å². The molecule has 3 heterocycles. The van der Waals surface area contributed by atoms with E-state index >= 15 is 0 Å². The minimum absolute atomic E-state index is 0.00281. The van der Waals surface area contributed by atoms with Crippen molar-refractivity contribution in [1.29, 1.82) is 0 Å². The van der Waals surface area contributed by atoms with Crippen molar-refractivity contribution in [2.75, 3.05) is 7.05 Å². The molecule has 0 saturated heterocycles. The number of amides is 1. The highest BCUT2D eigenvalue weighted by molar-refractivity contribution is 5.92. The van der Waals surface area contributed by atoms with E-state index in [9.17, 15) is 27.9 Å². The lowest BCUT2D eigenvalue weighted by Crippen LogP contribution is -2.37. The average Bonchev–Trinajstić information content (AvgIpc) is 3.42. The molecule has 0 bridgehead atoms. The molecule has 0 aliphatic heterocycles. The molecule has 0 radical (unpaired) electrons. The van der Waals surface area contributed by atoms with Crippen molar-refractivity contribution in [2.24, 2.45) is 0 Å². The molecular formula is C22H26F3N5O3. The number of halogens is 3. The Labute approximate surface area is 188 Å². The van der Waals surface area contributed by atoms with Gasteiger partial charge < -0.3 is 15.0 Å². The van der Waals surface area contributed by atoms with E-state index in [4.69, 9.17) is 0 Å². The summed E-state index contributed by atoms with van der Waals surface area (Å²) in [6.07, 6.45) is 1.72. The van der Waals surface area contributed by atoms with Crippen molar-refractivity contribution in [3.63, 3.8) is 0 Å². The second-order valence-electron chi connectivity index (χ2n) is 7.69. The van der Waals surface area contributed by atoms with Crippen LogP contribution >= 0.6 is 0 Å². The van der Waals surface area contributed by atoms with Gasteiger partial charge in [0.05, 0.1) is 23.8 Å². The summed E-state index contributed by atoms with van der Waals surface area (Å²) in [7, 11) is 1.33. The molecule has 1 amide bonds. The monoisotopic (exact) mass is 465 g/mol. The van der Waals surface area contributed by atoms with Crippen molar-refractivity contribution >= 4 is 16.9 Å². The molecule has 1 saturated carbocycles. The number of aromatic nitrogens is 4. The number of nitrogens with one attached hydrogen (secondary N) is 1. The van der Waals surface area contributed by atoms with E-state index in [-0.39, 0.29) is 17.6 Å². The zero-order valence-corrected chi connectivity index (χ0v) is 18.6. The lowest BCUT2D eigenvalue weighted by atomic mass is 9.97. The molecule has 33 heavy (non-hydrogen) atoms. The van der Waals surface area contributed by atoms with Crippen LogP contribution in [0.25, 0.3) is 11.0 Å². The molecule has 0 unspecified atom stereocenters. The van der Waals surface area contributed by atoms with Gasteiger partial charge in [-0.1, -0.05) is 26.7 Å². The van der Waals surface area contributed by atoms with Crippen molar-refractivity contribution in [3.05, 3.63) is 52.2 Å². The molecule has 4 rings (SSSR count). The highest BCUT2D eigenvalue weighted by Crippen LogP contribution is 2.43. The Morgan fingerprint density at radius 2 is 1.91 bits per heavy atom. The largest absolute Gasteiger partial charge is 0.503 e. The third kappa shape index (κ3) is 4.44. The van der Waals surface area contributed by atoms with E-state index in [1.54, 1.807) is 0 Å². The molecule has 0 atom stereocenters. The predicted molar refractivity (Wildman–Crippen MR) is 116 cm³/mol. The highest BCUT2D eigenvalue weighted by atomic mass is 19.4. The summed E-state index contributed by atoms with van der Waals surface area (Å²) < 4.78 is 43.8. The number of carbonyl (C=O) groups excluding carboxylic acids is 1. The minimum Gasteiger partial charge on any atom is -0.503 e. The molecule has 8 nitrogen and oxygen atoms in total. The molecule has 0 aromatic carbocycles. The SMILES string of the molecule is CC.CNC(=O)c1nn(CC2(n3cc(C(F)(F)F)c4cccnc43)CCCC2)cc(O)c1=O. The van der Waals surface area contributed by atoms with E-state index in [0.29, 0.717) is 12.8 Å². The number of carbonyl (C=O) groups is 1. The summed E-state index contributed by atoms with van der Waals surface area (Å²) in [5, 5.41) is 16.4. The summed E-state index contributed by atoms with van der Waals surface area (Å²) in [6, 6.07) is 2.84. The van der Waals surface area contributed by atoms with E-state index in [1.807, 2.05) is 13.8 Å². The Hall–Kier alpha value is -3.37. The number of hydrogen-bond acceptors (Lipinski definition) is 5. The van der Waals surface area contributed by atoms with Gasteiger partial charge >= 0.3 is 6.18 Å². The number of pyridine rings is 1. The second-order valence-corrected chi connectivity index (χ2v) is 7.69. The molecular weight excluding hydrogens is 439 g/mol. The van der Waals surface area contributed by atoms with Crippen molar-refractivity contribution in [3.8, 4) is 5.75 Å². The highest BCUT2D eigenvalue weighted by Gasteiger charge is 2.42. The number of aromatic hydroxyl groups is 1. The van der Waals surface area contributed by atoms with E-state index < -0.39 is 40.1 Å². The third-order valence-corrected chi connectivity index (χ3v) is 5.76. The Balaban J connectivity index is 0.00000149. The zero-order chi connectivity index (χ0) is 24.4. The van der Waals surface area contributed by atoms with E-state index in [1.165, 1.54) is 34.6 Å². The van der Waals surface area contributed by atoms with E-state index in [2.05, 4.69) is 15.4 Å².